The van der Waals surface area contributed by atoms with Crippen molar-refractivity contribution in [2.24, 2.45) is 5.92 Å². The summed E-state index contributed by atoms with van der Waals surface area (Å²) in [4.78, 5) is 12.5. The molecule has 0 fully saturated rings. The van der Waals surface area contributed by atoms with E-state index in [1.165, 1.54) is 19.2 Å². The number of rotatable bonds is 13. The summed E-state index contributed by atoms with van der Waals surface area (Å²) in [5.41, 5.74) is 2.17. The molecule has 1 aromatic heterocycles. The monoisotopic (exact) mass is 691 g/mol. The SMILES string of the molecule is COC(=O)C(CC(C)C)NCc1ccc(OCc2cccc(-c3ccc4c(c3)OCCO4)c2C(F)(F)F)cc1OCc1ccc2nonc2c1. The Bertz CT molecular complexity index is 1960. The molecule has 2 heterocycles. The van der Waals surface area contributed by atoms with Crippen LogP contribution >= 0.6 is 0 Å². The maximum Gasteiger partial charge on any atom is 0.417 e. The number of carbonyl (C=O) groups is 1. The lowest BCUT2D eigenvalue weighted by atomic mass is 9.94. The number of ether oxygens (including phenoxy) is 5. The third-order valence-corrected chi connectivity index (χ3v) is 8.16. The van der Waals surface area contributed by atoms with Crippen LogP contribution in [0.25, 0.3) is 22.2 Å². The summed E-state index contributed by atoms with van der Waals surface area (Å²) < 4.78 is 77.1. The molecule has 0 spiro atoms. The largest absolute Gasteiger partial charge is 0.489 e. The van der Waals surface area contributed by atoms with Crippen LogP contribution in [0, 0.1) is 5.92 Å². The lowest BCUT2D eigenvalue weighted by Crippen LogP contribution is -2.38. The second-order valence-corrected chi connectivity index (χ2v) is 12.2. The number of alkyl halides is 3. The highest BCUT2D eigenvalue weighted by atomic mass is 19.4. The summed E-state index contributed by atoms with van der Waals surface area (Å²) in [6, 6.07) is 19.0. The third kappa shape index (κ3) is 8.11. The van der Waals surface area contributed by atoms with Gasteiger partial charge in [-0.2, -0.15) is 13.2 Å². The van der Waals surface area contributed by atoms with Gasteiger partial charge in [-0.1, -0.05) is 50.2 Å². The standard InChI is InChI=1S/C37H36F3N3O7/c1-22(2)15-31(36(44)45-3)41-19-25-8-10-27(18-33(25)49-20-23-7-11-29-30(16-23)43-50-42-29)48-21-26-5-4-6-28(35(26)37(38,39)40)24-9-12-32-34(17-24)47-14-13-46-32/h4-12,16-18,22,31,41H,13-15,19-21H2,1-3H3. The number of fused-ring (bicyclic) bond motifs is 2. The van der Waals surface area contributed by atoms with E-state index in [-0.39, 0.29) is 42.8 Å². The van der Waals surface area contributed by atoms with E-state index in [9.17, 15) is 18.0 Å². The molecule has 0 bridgehead atoms. The van der Waals surface area contributed by atoms with Crippen molar-refractivity contribution in [1.29, 1.82) is 0 Å². The molecule has 1 aliphatic rings. The zero-order valence-corrected chi connectivity index (χ0v) is 27.7. The molecule has 0 amide bonds. The van der Waals surface area contributed by atoms with Gasteiger partial charge in [0.1, 0.15) is 55.0 Å². The van der Waals surface area contributed by atoms with Crippen molar-refractivity contribution in [3.63, 3.8) is 0 Å². The van der Waals surface area contributed by atoms with Crippen molar-refractivity contribution in [2.75, 3.05) is 20.3 Å². The molecule has 10 nitrogen and oxygen atoms in total. The predicted octanol–water partition coefficient (Wildman–Crippen LogP) is 7.52. The molecular weight excluding hydrogens is 655 g/mol. The molecule has 1 aliphatic heterocycles. The Labute approximate surface area is 286 Å². The predicted molar refractivity (Wildman–Crippen MR) is 177 cm³/mol. The number of carbonyl (C=O) groups excluding carboxylic acids is 1. The molecule has 1 unspecified atom stereocenters. The van der Waals surface area contributed by atoms with Crippen LogP contribution in [0.2, 0.25) is 0 Å². The Hall–Kier alpha value is -5.30. The van der Waals surface area contributed by atoms with Crippen LogP contribution in [0.5, 0.6) is 23.0 Å². The van der Waals surface area contributed by atoms with Gasteiger partial charge in [-0.15, -0.1) is 0 Å². The van der Waals surface area contributed by atoms with Crippen molar-refractivity contribution < 1.29 is 46.3 Å². The van der Waals surface area contributed by atoms with Crippen molar-refractivity contribution in [2.45, 2.75) is 52.2 Å². The van der Waals surface area contributed by atoms with E-state index in [2.05, 4.69) is 15.6 Å². The Morgan fingerprint density at radius 3 is 2.46 bits per heavy atom. The Morgan fingerprint density at radius 1 is 0.880 bits per heavy atom. The fourth-order valence-electron chi connectivity index (χ4n) is 5.76. The normalized spacial score (nSPS) is 13.3. The first-order valence-corrected chi connectivity index (χ1v) is 16.1. The smallest absolute Gasteiger partial charge is 0.417 e. The molecular formula is C37H36F3N3O7. The van der Waals surface area contributed by atoms with Crippen LogP contribution in [-0.4, -0.2) is 42.6 Å². The van der Waals surface area contributed by atoms with E-state index < -0.39 is 17.8 Å². The van der Waals surface area contributed by atoms with E-state index in [1.54, 1.807) is 54.6 Å². The summed E-state index contributed by atoms with van der Waals surface area (Å²) in [6.45, 7) is 4.74. The van der Waals surface area contributed by atoms with Gasteiger partial charge in [-0.3, -0.25) is 4.79 Å². The molecule has 1 atom stereocenters. The van der Waals surface area contributed by atoms with Crippen LogP contribution in [0.3, 0.4) is 0 Å². The highest BCUT2D eigenvalue weighted by Crippen LogP contribution is 2.42. The molecule has 6 rings (SSSR count). The first-order chi connectivity index (χ1) is 24.1. The number of esters is 1. The average Bonchev–Trinajstić information content (AvgIpc) is 3.59. The van der Waals surface area contributed by atoms with E-state index in [1.807, 2.05) is 19.9 Å². The summed E-state index contributed by atoms with van der Waals surface area (Å²) in [5.74, 6) is 1.45. The van der Waals surface area contributed by atoms with Crippen molar-refractivity contribution in [1.82, 2.24) is 15.6 Å². The number of benzene rings is 4. The number of halogens is 3. The first-order valence-electron chi connectivity index (χ1n) is 16.1. The quantitative estimate of drug-likeness (QED) is 0.124. The minimum Gasteiger partial charge on any atom is -0.489 e. The van der Waals surface area contributed by atoms with E-state index in [0.717, 1.165) is 5.56 Å². The van der Waals surface area contributed by atoms with Gasteiger partial charge in [0, 0.05) is 23.7 Å². The van der Waals surface area contributed by atoms with Crippen LogP contribution < -0.4 is 24.3 Å². The Balaban J connectivity index is 1.26. The minimum atomic E-state index is -4.67. The number of nitrogens with zero attached hydrogens (tertiary/aromatic N) is 2. The molecule has 262 valence electrons. The minimum absolute atomic E-state index is 0.00172. The second kappa shape index (κ2) is 15.1. The van der Waals surface area contributed by atoms with Gasteiger partial charge in [-0.05, 0) is 69.7 Å². The van der Waals surface area contributed by atoms with Gasteiger partial charge in [0.05, 0.1) is 12.7 Å². The molecule has 5 aromatic rings. The van der Waals surface area contributed by atoms with E-state index in [0.29, 0.717) is 64.8 Å². The van der Waals surface area contributed by atoms with Gasteiger partial charge in [-0.25, -0.2) is 4.63 Å². The number of methoxy groups -OCH3 is 1. The lowest BCUT2D eigenvalue weighted by Gasteiger charge is -2.21. The van der Waals surface area contributed by atoms with E-state index >= 15 is 0 Å². The molecule has 0 aliphatic carbocycles. The maximum atomic E-state index is 14.6. The molecule has 1 N–H and O–H groups in total. The van der Waals surface area contributed by atoms with Crippen LogP contribution in [0.4, 0.5) is 13.2 Å². The fourth-order valence-corrected chi connectivity index (χ4v) is 5.76. The molecule has 13 heteroatoms. The number of nitrogens with one attached hydrogen (secondary N) is 1. The highest BCUT2D eigenvalue weighted by Gasteiger charge is 2.37. The van der Waals surface area contributed by atoms with Gasteiger partial charge in [0.15, 0.2) is 11.5 Å². The average molecular weight is 692 g/mol. The molecule has 50 heavy (non-hydrogen) atoms. The maximum absolute atomic E-state index is 14.6. The fraction of sp³-hybridized carbons (Fsp3) is 0.324. The Morgan fingerprint density at radius 2 is 1.68 bits per heavy atom. The van der Waals surface area contributed by atoms with E-state index in [4.69, 9.17) is 28.3 Å². The molecule has 0 saturated heterocycles. The highest BCUT2D eigenvalue weighted by molar-refractivity contribution is 5.76. The zero-order chi connectivity index (χ0) is 35.3. The summed E-state index contributed by atoms with van der Waals surface area (Å²) in [6.07, 6.45) is -4.11. The Kier molecular flexibility index (Phi) is 10.4. The lowest BCUT2D eigenvalue weighted by molar-refractivity contribution is -0.143. The van der Waals surface area contributed by atoms with Crippen molar-refractivity contribution in [3.05, 3.63) is 95.1 Å². The first kappa shape index (κ1) is 34.6. The van der Waals surface area contributed by atoms with Gasteiger partial charge >= 0.3 is 12.1 Å². The second-order valence-electron chi connectivity index (χ2n) is 12.2. The number of hydrogen-bond acceptors (Lipinski definition) is 10. The third-order valence-electron chi connectivity index (χ3n) is 8.16. The van der Waals surface area contributed by atoms with Crippen molar-refractivity contribution >= 4 is 17.0 Å². The molecule has 4 aromatic carbocycles. The summed E-state index contributed by atoms with van der Waals surface area (Å²) in [7, 11) is 1.34. The summed E-state index contributed by atoms with van der Waals surface area (Å²) >= 11 is 0. The van der Waals surface area contributed by atoms with Crippen LogP contribution in [0.15, 0.2) is 77.4 Å². The van der Waals surface area contributed by atoms with Gasteiger partial charge in [0.25, 0.3) is 0 Å². The molecule has 0 saturated carbocycles. The van der Waals surface area contributed by atoms with Gasteiger partial charge < -0.3 is 29.0 Å². The van der Waals surface area contributed by atoms with Gasteiger partial charge in [0.2, 0.25) is 0 Å². The zero-order valence-electron chi connectivity index (χ0n) is 27.7. The molecule has 0 radical (unpaired) electrons. The number of aromatic nitrogens is 2. The van der Waals surface area contributed by atoms with Crippen molar-refractivity contribution in [3.8, 4) is 34.1 Å². The van der Waals surface area contributed by atoms with Crippen LogP contribution in [-0.2, 0) is 35.5 Å². The number of hydrogen-bond donors (Lipinski definition) is 1. The van der Waals surface area contributed by atoms with Crippen LogP contribution in [0.1, 0.15) is 42.5 Å². The summed E-state index contributed by atoms with van der Waals surface area (Å²) in [5, 5.41) is 11.0. The topological polar surface area (TPSA) is 114 Å².